The van der Waals surface area contributed by atoms with Crippen LogP contribution in [0.4, 0.5) is 0 Å². The summed E-state index contributed by atoms with van der Waals surface area (Å²) < 4.78 is 10.8. The van der Waals surface area contributed by atoms with Crippen molar-refractivity contribution in [1.82, 2.24) is 10.1 Å². The number of benzene rings is 1. The molecule has 0 unspecified atom stereocenters. The molecule has 120 valence electrons. The predicted octanol–water partition coefficient (Wildman–Crippen LogP) is 4.35. The van der Waals surface area contributed by atoms with E-state index in [1.165, 1.54) is 19.3 Å². The number of hydrogen-bond acceptors (Lipinski definition) is 5. The van der Waals surface area contributed by atoms with Crippen molar-refractivity contribution < 1.29 is 14.4 Å². The van der Waals surface area contributed by atoms with E-state index in [0.29, 0.717) is 17.5 Å². The van der Waals surface area contributed by atoms with Crippen molar-refractivity contribution in [3.63, 3.8) is 0 Å². The first-order valence-electron chi connectivity index (χ1n) is 7.92. The number of aryl methyl sites for hydroxylation is 1. The number of ether oxygens (including phenoxy) is 1. The van der Waals surface area contributed by atoms with Gasteiger partial charge in [-0.1, -0.05) is 31.3 Å². The molecule has 1 aromatic carbocycles. The maximum Gasteiger partial charge on any atom is 0.226 e. The van der Waals surface area contributed by atoms with Gasteiger partial charge in [0.2, 0.25) is 11.7 Å². The quantitative estimate of drug-likeness (QED) is 0.734. The molecular formula is C17H24N2O3. The van der Waals surface area contributed by atoms with E-state index in [4.69, 9.17) is 9.26 Å². The van der Waals surface area contributed by atoms with Crippen LogP contribution in [0.1, 0.15) is 52.3 Å². The molecule has 0 radical (unpaired) electrons. The first-order chi connectivity index (χ1) is 10.6. The number of rotatable bonds is 8. The van der Waals surface area contributed by atoms with Gasteiger partial charge in [0.25, 0.3) is 0 Å². The Bertz CT molecular complexity index is 593. The van der Waals surface area contributed by atoms with Crippen LogP contribution < -0.4 is 4.74 Å². The van der Waals surface area contributed by atoms with Crippen molar-refractivity contribution in [2.75, 3.05) is 0 Å². The highest BCUT2D eigenvalue weighted by Gasteiger charge is 2.12. The minimum atomic E-state index is 0.0108. The van der Waals surface area contributed by atoms with Crippen LogP contribution in [0, 0.1) is 0 Å². The van der Waals surface area contributed by atoms with Crippen LogP contribution in [0.2, 0.25) is 0 Å². The number of aromatic nitrogens is 2. The largest absolute Gasteiger partial charge is 0.504 e. The first-order valence-corrected chi connectivity index (χ1v) is 7.92. The lowest BCUT2D eigenvalue weighted by atomic mass is 10.1. The van der Waals surface area contributed by atoms with E-state index < -0.39 is 0 Å². The van der Waals surface area contributed by atoms with Crippen molar-refractivity contribution in [1.29, 1.82) is 0 Å². The Labute approximate surface area is 131 Å². The molecule has 2 aromatic rings. The molecule has 0 fully saturated rings. The second kappa shape index (κ2) is 7.82. The average Bonchev–Trinajstić information content (AvgIpc) is 2.94. The Morgan fingerprint density at radius 2 is 2.05 bits per heavy atom. The fourth-order valence-electron chi connectivity index (χ4n) is 2.19. The van der Waals surface area contributed by atoms with Crippen molar-refractivity contribution in [3.8, 4) is 22.9 Å². The van der Waals surface area contributed by atoms with E-state index in [0.717, 1.165) is 18.4 Å². The second-order valence-electron chi connectivity index (χ2n) is 5.67. The molecule has 0 aliphatic carbocycles. The highest BCUT2D eigenvalue weighted by atomic mass is 16.5. The molecule has 1 heterocycles. The third kappa shape index (κ3) is 4.48. The van der Waals surface area contributed by atoms with Gasteiger partial charge in [-0.3, -0.25) is 0 Å². The van der Waals surface area contributed by atoms with Gasteiger partial charge in [-0.25, -0.2) is 0 Å². The summed E-state index contributed by atoms with van der Waals surface area (Å²) in [6.45, 7) is 6.01. The van der Waals surface area contributed by atoms with Gasteiger partial charge in [0.1, 0.15) is 0 Å². The molecule has 0 saturated heterocycles. The lowest BCUT2D eigenvalue weighted by Gasteiger charge is -2.11. The van der Waals surface area contributed by atoms with Crippen molar-refractivity contribution >= 4 is 0 Å². The molecule has 5 nitrogen and oxygen atoms in total. The molecular weight excluding hydrogens is 280 g/mol. The zero-order chi connectivity index (χ0) is 15.9. The molecule has 0 amide bonds. The standard InChI is InChI=1S/C17H24N2O3/c1-4-5-6-7-8-16-18-17(19-22-16)13-9-10-15(14(20)11-13)21-12(2)3/h9-12,20H,4-8H2,1-3H3. The molecule has 1 N–H and O–H groups in total. The summed E-state index contributed by atoms with van der Waals surface area (Å²) in [4.78, 5) is 4.38. The van der Waals surface area contributed by atoms with Gasteiger partial charge in [-0.05, 0) is 38.5 Å². The van der Waals surface area contributed by atoms with Crippen LogP contribution in [0.25, 0.3) is 11.4 Å². The number of aromatic hydroxyl groups is 1. The zero-order valence-electron chi connectivity index (χ0n) is 13.5. The van der Waals surface area contributed by atoms with E-state index in [1.807, 2.05) is 19.9 Å². The monoisotopic (exact) mass is 304 g/mol. The number of hydrogen-bond donors (Lipinski definition) is 1. The van der Waals surface area contributed by atoms with E-state index in [9.17, 15) is 5.11 Å². The molecule has 0 aliphatic heterocycles. The van der Waals surface area contributed by atoms with Crippen LogP contribution in [-0.2, 0) is 6.42 Å². The number of phenols is 1. The summed E-state index contributed by atoms with van der Waals surface area (Å²) in [5.41, 5.74) is 0.720. The molecule has 2 rings (SSSR count). The normalized spacial score (nSPS) is 11.1. The molecule has 1 aromatic heterocycles. The fourth-order valence-corrected chi connectivity index (χ4v) is 2.19. The minimum absolute atomic E-state index is 0.0108. The van der Waals surface area contributed by atoms with Gasteiger partial charge < -0.3 is 14.4 Å². The van der Waals surface area contributed by atoms with E-state index in [-0.39, 0.29) is 11.9 Å². The van der Waals surface area contributed by atoms with Crippen molar-refractivity contribution in [2.24, 2.45) is 0 Å². The molecule has 0 atom stereocenters. The van der Waals surface area contributed by atoms with E-state index in [1.54, 1.807) is 12.1 Å². The molecule has 0 bridgehead atoms. The molecule has 5 heteroatoms. The summed E-state index contributed by atoms with van der Waals surface area (Å²) in [6, 6.07) is 5.15. The Balaban J connectivity index is 2.02. The fraction of sp³-hybridized carbons (Fsp3) is 0.529. The third-order valence-corrected chi connectivity index (χ3v) is 3.29. The summed E-state index contributed by atoms with van der Waals surface area (Å²) in [5, 5.41) is 14.0. The van der Waals surface area contributed by atoms with E-state index >= 15 is 0 Å². The maximum atomic E-state index is 10.00. The average molecular weight is 304 g/mol. The lowest BCUT2D eigenvalue weighted by Crippen LogP contribution is -2.05. The summed E-state index contributed by atoms with van der Waals surface area (Å²) in [5.74, 6) is 1.69. The van der Waals surface area contributed by atoms with Gasteiger partial charge in [-0.15, -0.1) is 0 Å². The summed E-state index contributed by atoms with van der Waals surface area (Å²) in [6.07, 6.45) is 5.48. The predicted molar refractivity (Wildman–Crippen MR) is 85.0 cm³/mol. The maximum absolute atomic E-state index is 10.00. The highest BCUT2D eigenvalue weighted by Crippen LogP contribution is 2.31. The van der Waals surface area contributed by atoms with Gasteiger partial charge in [0, 0.05) is 12.0 Å². The van der Waals surface area contributed by atoms with E-state index in [2.05, 4.69) is 17.1 Å². The molecule has 0 aliphatic rings. The highest BCUT2D eigenvalue weighted by molar-refractivity contribution is 5.60. The third-order valence-electron chi connectivity index (χ3n) is 3.29. The Morgan fingerprint density at radius 3 is 2.73 bits per heavy atom. The number of phenolic OH excluding ortho intramolecular Hbond substituents is 1. The number of nitrogens with zero attached hydrogens (tertiary/aromatic N) is 2. The van der Waals surface area contributed by atoms with Crippen LogP contribution in [0.3, 0.4) is 0 Å². The van der Waals surface area contributed by atoms with Crippen molar-refractivity contribution in [3.05, 3.63) is 24.1 Å². The lowest BCUT2D eigenvalue weighted by molar-refractivity contribution is 0.232. The Morgan fingerprint density at radius 1 is 1.23 bits per heavy atom. The number of unbranched alkanes of at least 4 members (excludes halogenated alkanes) is 3. The van der Waals surface area contributed by atoms with Crippen LogP contribution in [-0.4, -0.2) is 21.4 Å². The summed E-state index contributed by atoms with van der Waals surface area (Å²) >= 11 is 0. The SMILES string of the molecule is CCCCCCc1nc(-c2ccc(OC(C)C)c(O)c2)no1. The van der Waals surface area contributed by atoms with Gasteiger partial charge in [0.05, 0.1) is 6.10 Å². The van der Waals surface area contributed by atoms with Gasteiger partial charge >= 0.3 is 0 Å². The van der Waals surface area contributed by atoms with Crippen LogP contribution in [0.5, 0.6) is 11.5 Å². The first kappa shape index (κ1) is 16.3. The second-order valence-corrected chi connectivity index (χ2v) is 5.67. The van der Waals surface area contributed by atoms with Crippen LogP contribution >= 0.6 is 0 Å². The van der Waals surface area contributed by atoms with Crippen LogP contribution in [0.15, 0.2) is 22.7 Å². The van der Waals surface area contributed by atoms with Gasteiger partial charge in [0.15, 0.2) is 11.5 Å². The van der Waals surface area contributed by atoms with Crippen molar-refractivity contribution in [2.45, 2.75) is 59.0 Å². The molecule has 0 spiro atoms. The zero-order valence-corrected chi connectivity index (χ0v) is 13.5. The van der Waals surface area contributed by atoms with Gasteiger partial charge in [-0.2, -0.15) is 4.98 Å². The summed E-state index contributed by atoms with van der Waals surface area (Å²) in [7, 11) is 0. The Kier molecular flexibility index (Phi) is 5.81. The molecule has 0 saturated carbocycles. The Hall–Kier alpha value is -2.04. The topological polar surface area (TPSA) is 68.4 Å². The minimum Gasteiger partial charge on any atom is -0.504 e. The molecule has 22 heavy (non-hydrogen) atoms. The smallest absolute Gasteiger partial charge is 0.226 e.